The van der Waals surface area contributed by atoms with Crippen LogP contribution in [0.2, 0.25) is 0 Å². The first-order chi connectivity index (χ1) is 15.0. The molecule has 2 amide bonds. The molecule has 1 aliphatic rings. The van der Waals surface area contributed by atoms with Gasteiger partial charge in [-0.05, 0) is 35.9 Å². The Labute approximate surface area is 180 Å². The summed E-state index contributed by atoms with van der Waals surface area (Å²) in [6, 6.07) is 23.5. The van der Waals surface area contributed by atoms with Gasteiger partial charge in [-0.25, -0.2) is 0 Å². The molecule has 0 atom stereocenters. The fourth-order valence-electron chi connectivity index (χ4n) is 3.41. The van der Waals surface area contributed by atoms with Crippen molar-refractivity contribution < 1.29 is 14.3 Å². The van der Waals surface area contributed by atoms with E-state index in [2.05, 4.69) is 18.0 Å². The van der Waals surface area contributed by atoms with Crippen molar-refractivity contribution in [2.24, 2.45) is 0 Å². The summed E-state index contributed by atoms with van der Waals surface area (Å²) in [7, 11) is 0. The lowest BCUT2D eigenvalue weighted by Crippen LogP contribution is -2.32. The van der Waals surface area contributed by atoms with Crippen LogP contribution in [0.5, 0.6) is 5.75 Å². The molecule has 0 fully saturated rings. The average molecular weight is 409 g/mol. The van der Waals surface area contributed by atoms with Gasteiger partial charge >= 0.3 is 0 Å². The summed E-state index contributed by atoms with van der Waals surface area (Å²) in [5, 5.41) is 11.8. The van der Waals surface area contributed by atoms with Crippen LogP contribution in [0.15, 0.2) is 79.4 Å². The van der Waals surface area contributed by atoms with Crippen LogP contribution in [0.1, 0.15) is 27.0 Å². The van der Waals surface area contributed by atoms with E-state index >= 15 is 0 Å². The van der Waals surface area contributed by atoms with Crippen LogP contribution >= 0.6 is 0 Å². The Morgan fingerprint density at radius 2 is 1.81 bits per heavy atom. The van der Waals surface area contributed by atoms with Gasteiger partial charge in [0, 0.05) is 28.6 Å². The number of nitrogens with zero attached hydrogens (tertiary/aromatic N) is 2. The first-order valence-electron chi connectivity index (χ1n) is 9.67. The fraction of sp³-hybridized carbons (Fsp3) is 0.0800. The number of nitriles is 1. The highest BCUT2D eigenvalue weighted by molar-refractivity contribution is 6.11. The molecule has 6 nitrogen and oxygen atoms in total. The summed E-state index contributed by atoms with van der Waals surface area (Å²) in [4.78, 5) is 26.5. The summed E-state index contributed by atoms with van der Waals surface area (Å²) in [5.74, 6) is 0.0165. The molecule has 6 heteroatoms. The molecule has 0 aromatic heterocycles. The van der Waals surface area contributed by atoms with Gasteiger partial charge in [0.2, 0.25) is 5.91 Å². The van der Waals surface area contributed by atoms with Gasteiger partial charge in [-0.3, -0.25) is 14.5 Å². The highest BCUT2D eigenvalue weighted by Crippen LogP contribution is 2.30. The molecule has 1 N–H and O–H groups in total. The van der Waals surface area contributed by atoms with E-state index in [4.69, 9.17) is 10.00 Å². The predicted molar refractivity (Wildman–Crippen MR) is 117 cm³/mol. The monoisotopic (exact) mass is 409 g/mol. The van der Waals surface area contributed by atoms with E-state index in [0.717, 1.165) is 11.1 Å². The number of ether oxygens (including phenoxy) is 1. The highest BCUT2D eigenvalue weighted by Gasteiger charge is 2.31. The van der Waals surface area contributed by atoms with Gasteiger partial charge in [-0.15, -0.1) is 0 Å². The summed E-state index contributed by atoms with van der Waals surface area (Å²) in [5.41, 5.74) is 3.82. The molecule has 0 bridgehead atoms. The van der Waals surface area contributed by atoms with Crippen molar-refractivity contribution in [3.05, 3.63) is 102 Å². The van der Waals surface area contributed by atoms with Gasteiger partial charge in [0.1, 0.15) is 18.9 Å². The van der Waals surface area contributed by atoms with Gasteiger partial charge in [0.15, 0.2) is 0 Å². The lowest BCUT2D eigenvalue weighted by Gasteiger charge is -2.17. The third kappa shape index (κ3) is 4.31. The van der Waals surface area contributed by atoms with Gasteiger partial charge in [0.05, 0.1) is 11.6 Å². The molecule has 0 saturated heterocycles. The minimum Gasteiger partial charge on any atom is -0.489 e. The van der Waals surface area contributed by atoms with E-state index < -0.39 is 0 Å². The number of hydrogen-bond donors (Lipinski definition) is 1. The van der Waals surface area contributed by atoms with Gasteiger partial charge < -0.3 is 10.1 Å². The van der Waals surface area contributed by atoms with Crippen molar-refractivity contribution in [3.8, 4) is 11.8 Å². The molecular formula is C25H19N3O3. The normalized spacial score (nSPS) is 12.3. The number of fused-ring (bicyclic) bond motifs is 1. The van der Waals surface area contributed by atoms with Crippen molar-refractivity contribution >= 4 is 23.2 Å². The van der Waals surface area contributed by atoms with Crippen LogP contribution in [0.3, 0.4) is 0 Å². The summed E-state index contributed by atoms with van der Waals surface area (Å²) in [6.07, 6.45) is 0. The Morgan fingerprint density at radius 1 is 1.03 bits per heavy atom. The highest BCUT2D eigenvalue weighted by atomic mass is 16.5. The fourth-order valence-corrected chi connectivity index (χ4v) is 3.41. The zero-order valence-electron chi connectivity index (χ0n) is 16.7. The second kappa shape index (κ2) is 8.56. The Balaban J connectivity index is 1.38. The number of carbonyl (C=O) groups is 2. The number of benzene rings is 3. The number of amides is 2. The van der Waals surface area contributed by atoms with Crippen LogP contribution in [-0.4, -0.2) is 23.3 Å². The Kier molecular flexibility index (Phi) is 5.50. The maximum absolute atomic E-state index is 12.6. The standard InChI is InChI=1S/C25H19N3O3/c1-17-22-10-2-3-11-23(22)25(30)28(17)15-24(29)27-20-8-5-9-21(13-20)31-16-19-7-4-6-18(12-19)14-26/h2-13H,1,15-16H2,(H,27,29). The van der Waals surface area contributed by atoms with E-state index in [1.54, 1.807) is 54.6 Å². The van der Waals surface area contributed by atoms with Crippen molar-refractivity contribution in [2.75, 3.05) is 11.9 Å². The minimum absolute atomic E-state index is 0.127. The molecule has 3 aromatic rings. The van der Waals surface area contributed by atoms with Crippen LogP contribution < -0.4 is 10.1 Å². The Hall–Kier alpha value is -4.37. The number of rotatable bonds is 6. The molecule has 1 aliphatic heterocycles. The number of carbonyl (C=O) groups excluding carboxylic acids is 2. The molecular weight excluding hydrogens is 390 g/mol. The smallest absolute Gasteiger partial charge is 0.259 e. The molecule has 0 spiro atoms. The third-order valence-electron chi connectivity index (χ3n) is 4.92. The molecule has 0 unspecified atom stereocenters. The summed E-state index contributed by atoms with van der Waals surface area (Å²) >= 11 is 0. The second-order valence-electron chi connectivity index (χ2n) is 7.06. The SMILES string of the molecule is C=C1c2ccccc2C(=O)N1CC(=O)Nc1cccc(OCc2cccc(C#N)c2)c1. The third-order valence-corrected chi connectivity index (χ3v) is 4.92. The summed E-state index contributed by atoms with van der Waals surface area (Å²) < 4.78 is 5.78. The molecule has 0 aliphatic carbocycles. The molecule has 4 rings (SSSR count). The van der Waals surface area contributed by atoms with E-state index in [1.165, 1.54) is 4.90 Å². The van der Waals surface area contributed by atoms with E-state index in [0.29, 0.717) is 34.9 Å². The van der Waals surface area contributed by atoms with Gasteiger partial charge in [-0.2, -0.15) is 5.26 Å². The maximum Gasteiger partial charge on any atom is 0.259 e. The molecule has 1 heterocycles. The van der Waals surface area contributed by atoms with Crippen molar-refractivity contribution in [1.29, 1.82) is 5.26 Å². The van der Waals surface area contributed by atoms with Crippen molar-refractivity contribution in [2.45, 2.75) is 6.61 Å². The average Bonchev–Trinajstić information content (AvgIpc) is 3.03. The Morgan fingerprint density at radius 3 is 2.58 bits per heavy atom. The number of anilines is 1. The summed E-state index contributed by atoms with van der Waals surface area (Å²) in [6.45, 7) is 4.12. The minimum atomic E-state index is -0.332. The van der Waals surface area contributed by atoms with Crippen molar-refractivity contribution in [3.63, 3.8) is 0 Å². The predicted octanol–water partition coefficient (Wildman–Crippen LogP) is 4.20. The first kappa shape index (κ1) is 19.9. The lowest BCUT2D eigenvalue weighted by molar-refractivity contribution is -0.116. The molecule has 0 radical (unpaired) electrons. The van der Waals surface area contributed by atoms with E-state index in [9.17, 15) is 9.59 Å². The lowest BCUT2D eigenvalue weighted by atomic mass is 10.1. The Bertz CT molecular complexity index is 1190. The van der Waals surface area contributed by atoms with Crippen molar-refractivity contribution in [1.82, 2.24) is 4.90 Å². The maximum atomic E-state index is 12.6. The zero-order chi connectivity index (χ0) is 21.8. The quantitative estimate of drug-likeness (QED) is 0.661. The van der Waals surface area contributed by atoms with Crippen LogP contribution in [0.4, 0.5) is 5.69 Å². The van der Waals surface area contributed by atoms with Gasteiger partial charge in [0.25, 0.3) is 5.91 Å². The molecule has 152 valence electrons. The second-order valence-corrected chi connectivity index (χ2v) is 7.06. The first-order valence-corrected chi connectivity index (χ1v) is 9.67. The van der Waals surface area contributed by atoms with E-state index in [1.807, 2.05) is 18.2 Å². The zero-order valence-corrected chi connectivity index (χ0v) is 16.7. The van der Waals surface area contributed by atoms with Crippen LogP contribution in [-0.2, 0) is 11.4 Å². The van der Waals surface area contributed by atoms with Gasteiger partial charge in [-0.1, -0.05) is 43.0 Å². The molecule has 0 saturated carbocycles. The topological polar surface area (TPSA) is 82.4 Å². The number of hydrogen-bond acceptors (Lipinski definition) is 4. The number of nitrogens with one attached hydrogen (secondary N) is 1. The van der Waals surface area contributed by atoms with Crippen LogP contribution in [0.25, 0.3) is 5.70 Å². The van der Waals surface area contributed by atoms with E-state index in [-0.39, 0.29) is 18.4 Å². The van der Waals surface area contributed by atoms with Crippen LogP contribution in [0, 0.1) is 11.3 Å². The molecule has 31 heavy (non-hydrogen) atoms. The largest absolute Gasteiger partial charge is 0.489 e. The molecule has 3 aromatic carbocycles.